The molecule has 0 bridgehead atoms. The first-order chi connectivity index (χ1) is 5.29. The minimum Gasteiger partial charge on any atom is -0.379 e. The zero-order chi connectivity index (χ0) is 8.10. The van der Waals surface area contributed by atoms with Crippen molar-refractivity contribution in [2.75, 3.05) is 32.8 Å². The van der Waals surface area contributed by atoms with Gasteiger partial charge in [0.15, 0.2) is 0 Å². The van der Waals surface area contributed by atoms with Gasteiger partial charge in [0.1, 0.15) is 0 Å². The molecule has 1 rings (SSSR count). The first-order valence-corrected chi connectivity index (χ1v) is 4.67. The fourth-order valence-electron chi connectivity index (χ4n) is 1.19. The number of hydrogen-bond donors (Lipinski definition) is 0. The van der Waals surface area contributed by atoms with Crippen LogP contribution in [0.4, 0.5) is 0 Å². The highest BCUT2D eigenvalue weighted by Gasteiger charge is 2.10. The van der Waals surface area contributed by atoms with Gasteiger partial charge in [-0.15, -0.1) is 11.6 Å². The van der Waals surface area contributed by atoms with Crippen LogP contribution < -0.4 is 0 Å². The van der Waals surface area contributed by atoms with Crippen LogP contribution >= 0.6 is 11.6 Å². The molecule has 0 radical (unpaired) electrons. The Morgan fingerprint density at radius 1 is 1.45 bits per heavy atom. The molecule has 0 amide bonds. The molecule has 0 aliphatic carbocycles. The van der Waals surface area contributed by atoms with Crippen molar-refractivity contribution < 1.29 is 4.74 Å². The average molecular weight is 178 g/mol. The summed E-state index contributed by atoms with van der Waals surface area (Å²) in [5.41, 5.74) is 0. The summed E-state index contributed by atoms with van der Waals surface area (Å²) < 4.78 is 5.23. The van der Waals surface area contributed by atoms with E-state index in [1.165, 1.54) is 0 Å². The lowest BCUT2D eigenvalue weighted by Gasteiger charge is -2.26. The molecule has 0 aromatic heterocycles. The van der Waals surface area contributed by atoms with Crippen molar-refractivity contribution in [1.29, 1.82) is 0 Å². The molecule has 1 atom stereocenters. The van der Waals surface area contributed by atoms with Crippen LogP contribution in [0.5, 0.6) is 0 Å². The lowest BCUT2D eigenvalue weighted by molar-refractivity contribution is 0.0374. The highest BCUT2D eigenvalue weighted by molar-refractivity contribution is 6.20. The molecule has 0 aromatic rings. The van der Waals surface area contributed by atoms with Gasteiger partial charge in [0, 0.05) is 18.5 Å². The number of ether oxygens (including phenoxy) is 1. The van der Waals surface area contributed by atoms with Gasteiger partial charge < -0.3 is 4.74 Å². The van der Waals surface area contributed by atoms with Gasteiger partial charge in [0.25, 0.3) is 0 Å². The lowest BCUT2D eigenvalue weighted by atomic mass is 10.3. The average Bonchev–Trinajstić information content (AvgIpc) is 2.03. The van der Waals surface area contributed by atoms with Crippen molar-refractivity contribution >= 4 is 11.6 Å². The SMILES string of the molecule is CC(Cl)CCN1CCOCC1. The largest absolute Gasteiger partial charge is 0.379 e. The molecule has 1 heterocycles. The van der Waals surface area contributed by atoms with Crippen LogP contribution in [0.15, 0.2) is 0 Å². The molecular formula is C8H16ClNO. The molecule has 0 spiro atoms. The summed E-state index contributed by atoms with van der Waals surface area (Å²) >= 11 is 5.84. The van der Waals surface area contributed by atoms with E-state index in [0.717, 1.165) is 39.3 Å². The lowest BCUT2D eigenvalue weighted by Crippen LogP contribution is -2.37. The molecule has 0 N–H and O–H groups in total. The maximum Gasteiger partial charge on any atom is 0.0594 e. The Morgan fingerprint density at radius 3 is 2.64 bits per heavy atom. The summed E-state index contributed by atoms with van der Waals surface area (Å²) in [6.07, 6.45) is 1.08. The van der Waals surface area contributed by atoms with Crippen molar-refractivity contribution in [2.45, 2.75) is 18.7 Å². The highest BCUT2D eigenvalue weighted by Crippen LogP contribution is 2.03. The van der Waals surface area contributed by atoms with E-state index in [-0.39, 0.29) is 0 Å². The third kappa shape index (κ3) is 3.94. The number of nitrogens with zero attached hydrogens (tertiary/aromatic N) is 1. The Morgan fingerprint density at radius 2 is 2.09 bits per heavy atom. The van der Waals surface area contributed by atoms with Gasteiger partial charge >= 0.3 is 0 Å². The van der Waals surface area contributed by atoms with Gasteiger partial charge in [-0.3, -0.25) is 4.90 Å². The Bertz CT molecular complexity index is 102. The van der Waals surface area contributed by atoms with Crippen LogP contribution in [-0.2, 0) is 4.74 Å². The predicted octanol–water partition coefficient (Wildman–Crippen LogP) is 1.34. The maximum absolute atomic E-state index is 5.84. The van der Waals surface area contributed by atoms with E-state index in [9.17, 15) is 0 Å². The number of hydrogen-bond acceptors (Lipinski definition) is 2. The second kappa shape index (κ2) is 4.96. The molecule has 1 fully saturated rings. The smallest absolute Gasteiger partial charge is 0.0594 e. The topological polar surface area (TPSA) is 12.5 Å². The molecule has 1 saturated heterocycles. The fraction of sp³-hybridized carbons (Fsp3) is 1.00. The van der Waals surface area contributed by atoms with Gasteiger partial charge in [0.2, 0.25) is 0 Å². The van der Waals surface area contributed by atoms with E-state index in [1.807, 2.05) is 6.92 Å². The predicted molar refractivity (Wildman–Crippen MR) is 47.2 cm³/mol. The fourth-order valence-corrected chi connectivity index (χ4v) is 1.28. The van der Waals surface area contributed by atoms with Crippen LogP contribution in [0.25, 0.3) is 0 Å². The van der Waals surface area contributed by atoms with Crippen LogP contribution in [0, 0.1) is 0 Å². The van der Waals surface area contributed by atoms with E-state index in [0.29, 0.717) is 5.38 Å². The van der Waals surface area contributed by atoms with Gasteiger partial charge in [-0.2, -0.15) is 0 Å². The summed E-state index contributed by atoms with van der Waals surface area (Å²) in [7, 11) is 0. The molecule has 1 aliphatic rings. The number of morpholine rings is 1. The normalized spacial score (nSPS) is 23.5. The minimum absolute atomic E-state index is 0.304. The van der Waals surface area contributed by atoms with Gasteiger partial charge in [-0.1, -0.05) is 0 Å². The first kappa shape index (κ1) is 9.30. The molecule has 0 aromatic carbocycles. The number of alkyl halides is 1. The Hall–Kier alpha value is 0.210. The van der Waals surface area contributed by atoms with Crippen LogP contribution in [0.2, 0.25) is 0 Å². The van der Waals surface area contributed by atoms with Crippen molar-refractivity contribution in [3.05, 3.63) is 0 Å². The van der Waals surface area contributed by atoms with E-state index in [4.69, 9.17) is 16.3 Å². The van der Waals surface area contributed by atoms with Gasteiger partial charge in [0.05, 0.1) is 13.2 Å². The Labute approximate surface area is 73.5 Å². The van der Waals surface area contributed by atoms with E-state index in [2.05, 4.69) is 4.90 Å². The molecular weight excluding hydrogens is 162 g/mol. The Balaban J connectivity index is 2.05. The van der Waals surface area contributed by atoms with E-state index < -0.39 is 0 Å². The van der Waals surface area contributed by atoms with Crippen LogP contribution in [-0.4, -0.2) is 43.1 Å². The minimum atomic E-state index is 0.304. The molecule has 0 saturated carbocycles. The summed E-state index contributed by atoms with van der Waals surface area (Å²) in [5, 5.41) is 0.304. The molecule has 11 heavy (non-hydrogen) atoms. The van der Waals surface area contributed by atoms with Gasteiger partial charge in [-0.05, 0) is 19.9 Å². The third-order valence-electron chi connectivity index (χ3n) is 1.95. The first-order valence-electron chi connectivity index (χ1n) is 4.23. The van der Waals surface area contributed by atoms with Crippen molar-refractivity contribution in [3.8, 4) is 0 Å². The third-order valence-corrected chi connectivity index (χ3v) is 2.17. The van der Waals surface area contributed by atoms with Crippen LogP contribution in [0.3, 0.4) is 0 Å². The van der Waals surface area contributed by atoms with Crippen molar-refractivity contribution in [2.24, 2.45) is 0 Å². The van der Waals surface area contributed by atoms with Crippen molar-refractivity contribution in [3.63, 3.8) is 0 Å². The summed E-state index contributed by atoms with van der Waals surface area (Å²) in [5.74, 6) is 0. The Kier molecular flexibility index (Phi) is 4.20. The molecule has 66 valence electrons. The molecule has 3 heteroatoms. The zero-order valence-corrected chi connectivity index (χ0v) is 7.81. The monoisotopic (exact) mass is 177 g/mol. The highest BCUT2D eigenvalue weighted by atomic mass is 35.5. The van der Waals surface area contributed by atoms with Gasteiger partial charge in [-0.25, -0.2) is 0 Å². The number of rotatable bonds is 3. The number of halogens is 1. The maximum atomic E-state index is 5.84. The molecule has 1 aliphatic heterocycles. The molecule has 2 nitrogen and oxygen atoms in total. The van der Waals surface area contributed by atoms with Crippen LogP contribution in [0.1, 0.15) is 13.3 Å². The zero-order valence-electron chi connectivity index (χ0n) is 7.05. The summed E-state index contributed by atoms with van der Waals surface area (Å²) in [6, 6.07) is 0. The van der Waals surface area contributed by atoms with Crippen molar-refractivity contribution in [1.82, 2.24) is 4.90 Å². The second-order valence-corrected chi connectivity index (χ2v) is 3.77. The second-order valence-electron chi connectivity index (χ2n) is 3.02. The summed E-state index contributed by atoms with van der Waals surface area (Å²) in [4.78, 5) is 2.41. The molecule has 1 unspecified atom stereocenters. The van der Waals surface area contributed by atoms with E-state index in [1.54, 1.807) is 0 Å². The summed E-state index contributed by atoms with van der Waals surface area (Å²) in [6.45, 7) is 7.08. The standard InChI is InChI=1S/C8H16ClNO/c1-8(9)2-3-10-4-6-11-7-5-10/h8H,2-7H2,1H3. The quantitative estimate of drug-likeness (QED) is 0.604. The van der Waals surface area contributed by atoms with E-state index >= 15 is 0 Å².